The van der Waals surface area contributed by atoms with Crippen LogP contribution in [0.3, 0.4) is 0 Å². The fraction of sp³-hybridized carbons (Fsp3) is 0.192. The molecule has 2 heterocycles. The van der Waals surface area contributed by atoms with Crippen LogP contribution in [0.2, 0.25) is 0 Å². The van der Waals surface area contributed by atoms with Crippen LogP contribution in [0.15, 0.2) is 71.6 Å². The molecule has 1 amide bonds. The summed E-state index contributed by atoms with van der Waals surface area (Å²) < 4.78 is 11.8. The zero-order valence-corrected chi connectivity index (χ0v) is 19.4. The lowest BCUT2D eigenvalue weighted by Crippen LogP contribution is -2.35. The molecule has 1 atom stereocenters. The Bertz CT molecular complexity index is 1260. The number of hydrogen-bond acceptors (Lipinski definition) is 6. The van der Waals surface area contributed by atoms with Crippen molar-refractivity contribution in [3.05, 3.63) is 82.8 Å². The molecule has 0 bridgehead atoms. The lowest BCUT2D eigenvalue weighted by atomic mass is 10.0. The second-order valence-corrected chi connectivity index (χ2v) is 9.59. The van der Waals surface area contributed by atoms with Crippen LogP contribution < -0.4 is 4.74 Å². The molecule has 0 aliphatic carbocycles. The Kier molecular flexibility index (Phi) is 6.26. The number of carbonyl (C=O) groups is 2. The molecule has 3 aromatic rings. The fourth-order valence-corrected chi connectivity index (χ4v) is 5.27. The maximum Gasteiger partial charge on any atom is 0.344 e. The van der Waals surface area contributed by atoms with Gasteiger partial charge in [-0.3, -0.25) is 9.69 Å². The standard InChI is InChI=1S/C26H21NO4S2/c28-24-23(33-26(32)27(24)16-20-7-4-14-30-20)15-17-10-12-19(13-11-17)31-25(29)22-9-3-6-18-5-1-2-8-21(18)22/h1-3,5-6,8-13,15,20H,4,7,14,16H2. The van der Waals surface area contributed by atoms with Gasteiger partial charge in [-0.05, 0) is 53.5 Å². The van der Waals surface area contributed by atoms with Crippen LogP contribution in [0.5, 0.6) is 5.75 Å². The van der Waals surface area contributed by atoms with E-state index < -0.39 is 5.97 Å². The van der Waals surface area contributed by atoms with Gasteiger partial charge < -0.3 is 9.47 Å². The van der Waals surface area contributed by atoms with Crippen molar-refractivity contribution in [3.8, 4) is 5.75 Å². The van der Waals surface area contributed by atoms with E-state index in [2.05, 4.69) is 0 Å². The highest BCUT2D eigenvalue weighted by Gasteiger charge is 2.34. The van der Waals surface area contributed by atoms with Crippen LogP contribution >= 0.6 is 24.0 Å². The van der Waals surface area contributed by atoms with E-state index in [9.17, 15) is 9.59 Å². The Hall–Kier alpha value is -3.00. The van der Waals surface area contributed by atoms with Gasteiger partial charge in [0.25, 0.3) is 5.91 Å². The molecule has 2 saturated heterocycles. The summed E-state index contributed by atoms with van der Waals surface area (Å²) in [5.74, 6) is -0.0578. The second-order valence-electron chi connectivity index (χ2n) is 7.91. The van der Waals surface area contributed by atoms with E-state index in [4.69, 9.17) is 21.7 Å². The summed E-state index contributed by atoms with van der Waals surface area (Å²) in [5, 5.41) is 1.84. The van der Waals surface area contributed by atoms with Gasteiger partial charge in [0, 0.05) is 6.61 Å². The molecule has 2 aliphatic rings. The van der Waals surface area contributed by atoms with Crippen molar-refractivity contribution in [1.29, 1.82) is 0 Å². The average molecular weight is 476 g/mol. The molecule has 33 heavy (non-hydrogen) atoms. The maximum absolute atomic E-state index is 12.8. The Morgan fingerprint density at radius 3 is 2.70 bits per heavy atom. The highest BCUT2D eigenvalue weighted by Crippen LogP contribution is 2.33. The molecule has 0 saturated carbocycles. The van der Waals surface area contributed by atoms with Gasteiger partial charge in [0.15, 0.2) is 0 Å². The molecular formula is C26H21NO4S2. The van der Waals surface area contributed by atoms with Crippen LogP contribution in [0.25, 0.3) is 16.8 Å². The zero-order valence-electron chi connectivity index (χ0n) is 17.7. The van der Waals surface area contributed by atoms with Crippen LogP contribution in [0.4, 0.5) is 0 Å². The quantitative estimate of drug-likeness (QED) is 0.212. The minimum Gasteiger partial charge on any atom is -0.423 e. The number of esters is 1. The van der Waals surface area contributed by atoms with E-state index >= 15 is 0 Å². The number of benzene rings is 3. The first kappa shape index (κ1) is 21.8. The van der Waals surface area contributed by atoms with Gasteiger partial charge in [-0.15, -0.1) is 0 Å². The number of ether oxygens (including phenoxy) is 2. The number of hydrogen-bond donors (Lipinski definition) is 0. The SMILES string of the molecule is O=C(Oc1ccc(C=C2SC(=S)N(CC3CCCO3)C2=O)cc1)c1cccc2ccccc12. The van der Waals surface area contributed by atoms with Crippen LogP contribution in [-0.2, 0) is 9.53 Å². The van der Waals surface area contributed by atoms with Gasteiger partial charge in [0.05, 0.1) is 23.1 Å². The number of amides is 1. The highest BCUT2D eigenvalue weighted by atomic mass is 32.2. The van der Waals surface area contributed by atoms with E-state index in [1.165, 1.54) is 11.8 Å². The second kappa shape index (κ2) is 9.47. The van der Waals surface area contributed by atoms with Crippen LogP contribution in [0.1, 0.15) is 28.8 Å². The molecule has 1 unspecified atom stereocenters. The van der Waals surface area contributed by atoms with Crippen molar-refractivity contribution in [2.75, 3.05) is 13.2 Å². The summed E-state index contributed by atoms with van der Waals surface area (Å²) in [6.45, 7) is 1.25. The normalized spacial score (nSPS) is 19.6. The molecule has 3 aromatic carbocycles. The van der Waals surface area contributed by atoms with Crippen LogP contribution in [0, 0.1) is 0 Å². The molecule has 2 aliphatic heterocycles. The van der Waals surface area contributed by atoms with Gasteiger partial charge in [0.1, 0.15) is 10.1 Å². The molecule has 166 valence electrons. The summed E-state index contributed by atoms with van der Waals surface area (Å²) >= 11 is 6.71. The lowest BCUT2D eigenvalue weighted by Gasteiger charge is -2.18. The number of carbonyl (C=O) groups excluding carboxylic acids is 2. The first-order valence-corrected chi connectivity index (χ1v) is 12.0. The number of rotatable bonds is 5. The van der Waals surface area contributed by atoms with E-state index in [-0.39, 0.29) is 12.0 Å². The van der Waals surface area contributed by atoms with E-state index in [1.54, 1.807) is 23.1 Å². The van der Waals surface area contributed by atoms with Crippen molar-refractivity contribution in [1.82, 2.24) is 4.90 Å². The van der Waals surface area contributed by atoms with Crippen molar-refractivity contribution in [3.63, 3.8) is 0 Å². The van der Waals surface area contributed by atoms with E-state index in [1.807, 2.05) is 54.6 Å². The zero-order chi connectivity index (χ0) is 22.8. The largest absolute Gasteiger partial charge is 0.423 e. The minimum absolute atomic E-state index is 0.0579. The number of fused-ring (bicyclic) bond motifs is 1. The molecule has 2 fully saturated rings. The first-order chi connectivity index (χ1) is 16.1. The van der Waals surface area contributed by atoms with Gasteiger partial charge in [-0.1, -0.05) is 72.5 Å². The molecule has 0 spiro atoms. The highest BCUT2D eigenvalue weighted by molar-refractivity contribution is 8.26. The molecule has 5 rings (SSSR count). The van der Waals surface area contributed by atoms with Gasteiger partial charge >= 0.3 is 5.97 Å². The van der Waals surface area contributed by atoms with Gasteiger partial charge in [-0.2, -0.15) is 0 Å². The number of thioether (sulfide) groups is 1. The summed E-state index contributed by atoms with van der Waals surface area (Å²) in [6.07, 6.45) is 3.84. The topological polar surface area (TPSA) is 55.8 Å². The molecular weight excluding hydrogens is 454 g/mol. The monoisotopic (exact) mass is 475 g/mol. The van der Waals surface area contributed by atoms with Crippen LogP contribution in [-0.4, -0.2) is 40.4 Å². The summed E-state index contributed by atoms with van der Waals surface area (Å²) in [6, 6.07) is 20.4. The Morgan fingerprint density at radius 2 is 1.91 bits per heavy atom. The predicted octanol–water partition coefficient (Wildman–Crippen LogP) is 5.44. The van der Waals surface area contributed by atoms with Crippen molar-refractivity contribution in [2.45, 2.75) is 18.9 Å². The smallest absolute Gasteiger partial charge is 0.344 e. The molecule has 0 aromatic heterocycles. The lowest BCUT2D eigenvalue weighted by molar-refractivity contribution is -0.123. The van der Waals surface area contributed by atoms with Gasteiger partial charge in [-0.25, -0.2) is 4.79 Å². The summed E-state index contributed by atoms with van der Waals surface area (Å²) in [5.41, 5.74) is 1.35. The molecule has 0 radical (unpaired) electrons. The molecule has 5 nitrogen and oxygen atoms in total. The Labute approximate surface area is 201 Å². The maximum atomic E-state index is 12.8. The Morgan fingerprint density at radius 1 is 1.12 bits per heavy atom. The third-order valence-electron chi connectivity index (χ3n) is 5.68. The van der Waals surface area contributed by atoms with Crippen molar-refractivity contribution < 1.29 is 19.1 Å². The van der Waals surface area contributed by atoms with Gasteiger partial charge in [0.2, 0.25) is 0 Å². The van der Waals surface area contributed by atoms with Crippen molar-refractivity contribution >= 4 is 57.0 Å². The summed E-state index contributed by atoms with van der Waals surface area (Å²) in [7, 11) is 0. The number of nitrogens with zero attached hydrogens (tertiary/aromatic N) is 1. The first-order valence-electron chi connectivity index (χ1n) is 10.8. The average Bonchev–Trinajstić information content (AvgIpc) is 3.44. The fourth-order valence-electron chi connectivity index (χ4n) is 4.00. The third-order valence-corrected chi connectivity index (χ3v) is 7.06. The third kappa shape index (κ3) is 4.71. The minimum atomic E-state index is -0.408. The van der Waals surface area contributed by atoms with Crippen molar-refractivity contribution in [2.24, 2.45) is 0 Å². The molecule has 0 N–H and O–H groups in total. The molecule has 7 heteroatoms. The van der Waals surface area contributed by atoms with E-state index in [0.29, 0.717) is 27.1 Å². The predicted molar refractivity (Wildman–Crippen MR) is 134 cm³/mol. The number of thiocarbonyl (C=S) groups is 1. The van der Waals surface area contributed by atoms with E-state index in [0.717, 1.165) is 35.8 Å². The summed E-state index contributed by atoms with van der Waals surface area (Å²) in [4.78, 5) is 27.8. The Balaban J connectivity index is 1.27.